The lowest BCUT2D eigenvalue weighted by Crippen LogP contribution is -2.48. The van der Waals surface area contributed by atoms with E-state index in [1.54, 1.807) is 0 Å². The van der Waals surface area contributed by atoms with Gasteiger partial charge in [0.25, 0.3) is 0 Å². The minimum absolute atomic E-state index is 0.345. The molecule has 2 aliphatic heterocycles. The van der Waals surface area contributed by atoms with Crippen molar-refractivity contribution in [3.63, 3.8) is 0 Å². The van der Waals surface area contributed by atoms with Crippen LogP contribution in [0.15, 0.2) is 52.3 Å². The first-order valence-corrected chi connectivity index (χ1v) is 9.18. The number of benzene rings is 1. The summed E-state index contributed by atoms with van der Waals surface area (Å²) in [5.74, 6) is 0. The highest BCUT2D eigenvalue weighted by atomic mass is 32.2. The zero-order valence-electron chi connectivity index (χ0n) is 12.6. The van der Waals surface area contributed by atoms with Gasteiger partial charge in [0.05, 0.1) is 0 Å². The van der Waals surface area contributed by atoms with E-state index in [0.29, 0.717) is 13.1 Å². The molecule has 0 unspecified atom stereocenters. The molecule has 2 N–H and O–H groups in total. The number of nitrogens with one attached hydrogen (secondary N) is 1. The van der Waals surface area contributed by atoms with Gasteiger partial charge in [0.1, 0.15) is 0 Å². The van der Waals surface area contributed by atoms with Crippen molar-refractivity contribution in [2.24, 2.45) is 0 Å². The molecular weight excluding hydrogens is 310 g/mol. The summed E-state index contributed by atoms with van der Waals surface area (Å²) in [5, 5.41) is 14.8. The number of fused-ring (bicyclic) bond motifs is 1. The van der Waals surface area contributed by atoms with Crippen LogP contribution < -0.4 is 4.90 Å². The second-order valence-corrected chi connectivity index (χ2v) is 7.64. The van der Waals surface area contributed by atoms with E-state index in [-0.39, 0.29) is 10.9 Å². The molecule has 1 amide bonds. The van der Waals surface area contributed by atoms with Crippen LogP contribution >= 0.6 is 10.9 Å². The number of allylic oxidation sites excluding steroid dienone is 2. The molecule has 1 aromatic carbocycles. The Balaban J connectivity index is 1.61. The van der Waals surface area contributed by atoms with Gasteiger partial charge in [0.15, 0.2) is 0 Å². The molecule has 2 aromatic rings. The van der Waals surface area contributed by atoms with Crippen molar-refractivity contribution in [3.8, 4) is 0 Å². The molecule has 0 atom stereocenters. The Labute approximate surface area is 137 Å². The van der Waals surface area contributed by atoms with Gasteiger partial charge in [0.2, 0.25) is 0 Å². The predicted octanol–water partition coefficient (Wildman–Crippen LogP) is 3.37. The molecule has 0 aliphatic carbocycles. The number of amides is 1. The molecule has 1 fully saturated rings. The van der Waals surface area contributed by atoms with E-state index in [2.05, 4.69) is 57.2 Å². The van der Waals surface area contributed by atoms with Gasteiger partial charge >= 0.3 is 6.09 Å². The van der Waals surface area contributed by atoms with E-state index in [1.807, 2.05) is 0 Å². The lowest BCUT2D eigenvalue weighted by atomic mass is 10.2. The summed E-state index contributed by atoms with van der Waals surface area (Å²) < 4.78 is 0. The molecule has 0 spiro atoms. The number of thiol groups is 1. The van der Waals surface area contributed by atoms with Crippen LogP contribution in [-0.2, 0) is 0 Å². The van der Waals surface area contributed by atoms with Gasteiger partial charge in [-0.25, -0.2) is 4.79 Å². The number of anilines is 1. The van der Waals surface area contributed by atoms with Crippen LogP contribution in [0.1, 0.15) is 0 Å². The van der Waals surface area contributed by atoms with Crippen molar-refractivity contribution in [2.45, 2.75) is 4.90 Å². The minimum atomic E-state index is -0.823. The summed E-state index contributed by atoms with van der Waals surface area (Å²) >= 11 is 0. The Morgan fingerprint density at radius 1 is 1.13 bits per heavy atom. The fourth-order valence-electron chi connectivity index (χ4n) is 3.16. The van der Waals surface area contributed by atoms with Crippen LogP contribution in [0.4, 0.5) is 10.5 Å². The van der Waals surface area contributed by atoms with Crippen molar-refractivity contribution in [2.75, 3.05) is 31.1 Å². The van der Waals surface area contributed by atoms with Gasteiger partial charge in [-0.15, -0.1) is 0 Å². The number of nitrogens with zero attached hydrogens (tertiary/aromatic N) is 2. The van der Waals surface area contributed by atoms with Gasteiger partial charge in [-0.2, -0.15) is 10.9 Å². The predicted molar refractivity (Wildman–Crippen MR) is 95.6 cm³/mol. The summed E-state index contributed by atoms with van der Waals surface area (Å²) in [4.78, 5) is 19.5. The van der Waals surface area contributed by atoms with Gasteiger partial charge in [-0.1, -0.05) is 12.2 Å². The molecule has 3 heterocycles. The minimum Gasteiger partial charge on any atom is -0.465 e. The maximum Gasteiger partial charge on any atom is 0.407 e. The van der Waals surface area contributed by atoms with Crippen molar-refractivity contribution < 1.29 is 9.90 Å². The standard InChI is InChI=1S/C17H19N3O2S/c21-17(22)20-7-5-19(6-8-20)13-3-4-15-14(11-13)16(12-18-15)23-9-1-2-10-23/h1-4,9-12,18,23H,5-8H2,(H,21,22). The third-order valence-electron chi connectivity index (χ3n) is 4.44. The number of H-pyrrole nitrogens is 1. The van der Waals surface area contributed by atoms with Crippen LogP contribution in [0.25, 0.3) is 10.9 Å². The number of hydrogen-bond acceptors (Lipinski definition) is 2. The maximum absolute atomic E-state index is 11.0. The Hall–Kier alpha value is -2.34. The van der Waals surface area contributed by atoms with Crippen LogP contribution in [0, 0.1) is 0 Å². The van der Waals surface area contributed by atoms with Crippen molar-refractivity contribution in [3.05, 3.63) is 47.4 Å². The van der Waals surface area contributed by atoms with Crippen LogP contribution in [0.2, 0.25) is 0 Å². The number of piperazine rings is 1. The van der Waals surface area contributed by atoms with Gasteiger partial charge in [-0.3, -0.25) is 0 Å². The molecule has 0 bridgehead atoms. The van der Waals surface area contributed by atoms with E-state index in [1.165, 1.54) is 20.9 Å². The SMILES string of the molecule is O=C(O)N1CCN(c2ccc3[nH]cc([SH]4C=CC=C4)c3c2)CC1. The van der Waals surface area contributed by atoms with Crippen LogP contribution in [0.3, 0.4) is 0 Å². The average Bonchev–Trinajstić information content (AvgIpc) is 3.23. The first kappa shape index (κ1) is 14.3. The number of rotatable bonds is 2. The summed E-state index contributed by atoms with van der Waals surface area (Å²) in [5.41, 5.74) is 2.33. The monoisotopic (exact) mass is 329 g/mol. The molecule has 4 rings (SSSR count). The zero-order valence-corrected chi connectivity index (χ0v) is 13.5. The second-order valence-electron chi connectivity index (χ2n) is 5.75. The van der Waals surface area contributed by atoms with Gasteiger partial charge in [0, 0.05) is 53.9 Å². The third-order valence-corrected chi connectivity index (χ3v) is 6.35. The van der Waals surface area contributed by atoms with Gasteiger partial charge in [-0.05, 0) is 29.0 Å². The maximum atomic E-state index is 11.0. The third kappa shape index (κ3) is 2.59. The molecule has 0 radical (unpaired) electrons. The van der Waals surface area contributed by atoms with E-state index in [0.717, 1.165) is 18.6 Å². The Bertz CT molecular complexity index is 791. The molecular formula is C17H19N3O2S. The lowest BCUT2D eigenvalue weighted by molar-refractivity contribution is 0.142. The highest BCUT2D eigenvalue weighted by molar-refractivity contribution is 8.22. The number of carboxylic acid groups (broad SMARTS) is 1. The van der Waals surface area contributed by atoms with Crippen molar-refractivity contribution in [1.82, 2.24) is 9.88 Å². The highest BCUT2D eigenvalue weighted by Gasteiger charge is 2.21. The number of hydrogen-bond donors (Lipinski definition) is 3. The molecule has 2 aliphatic rings. The fraction of sp³-hybridized carbons (Fsp3) is 0.235. The van der Waals surface area contributed by atoms with Crippen molar-refractivity contribution >= 4 is 33.6 Å². The molecule has 23 heavy (non-hydrogen) atoms. The topological polar surface area (TPSA) is 59.6 Å². The first-order valence-electron chi connectivity index (χ1n) is 7.70. The molecule has 5 nitrogen and oxygen atoms in total. The number of carbonyl (C=O) groups is 1. The summed E-state index contributed by atoms with van der Waals surface area (Å²) in [6.45, 7) is 2.61. The van der Waals surface area contributed by atoms with Crippen LogP contribution in [0.5, 0.6) is 0 Å². The Kier molecular flexibility index (Phi) is 3.53. The van der Waals surface area contributed by atoms with Crippen LogP contribution in [-0.4, -0.2) is 47.3 Å². The van der Waals surface area contributed by atoms with E-state index in [4.69, 9.17) is 5.11 Å². The number of aromatic nitrogens is 1. The van der Waals surface area contributed by atoms with E-state index in [9.17, 15) is 4.79 Å². The fourth-order valence-corrected chi connectivity index (χ4v) is 4.82. The summed E-state index contributed by atoms with van der Waals surface area (Å²) in [6, 6.07) is 6.48. The smallest absolute Gasteiger partial charge is 0.407 e. The highest BCUT2D eigenvalue weighted by Crippen LogP contribution is 2.46. The lowest BCUT2D eigenvalue weighted by Gasteiger charge is -2.34. The molecule has 6 heteroatoms. The average molecular weight is 329 g/mol. The molecule has 1 aromatic heterocycles. The first-order chi connectivity index (χ1) is 11.2. The molecule has 1 saturated heterocycles. The van der Waals surface area contributed by atoms with Crippen molar-refractivity contribution in [1.29, 1.82) is 0 Å². The van der Waals surface area contributed by atoms with E-state index >= 15 is 0 Å². The summed E-state index contributed by atoms with van der Waals surface area (Å²) in [6.07, 6.45) is 5.51. The van der Waals surface area contributed by atoms with E-state index < -0.39 is 6.09 Å². The largest absolute Gasteiger partial charge is 0.465 e. The molecule has 0 saturated carbocycles. The Morgan fingerprint density at radius 2 is 1.87 bits per heavy atom. The zero-order chi connectivity index (χ0) is 15.8. The second kappa shape index (κ2) is 5.70. The normalized spacial score (nSPS) is 19.0. The Morgan fingerprint density at radius 3 is 2.57 bits per heavy atom. The molecule has 120 valence electrons. The number of aromatic amines is 1. The quantitative estimate of drug-likeness (QED) is 0.740. The summed E-state index contributed by atoms with van der Waals surface area (Å²) in [7, 11) is -0.345. The van der Waals surface area contributed by atoms with Gasteiger partial charge < -0.3 is 19.9 Å².